The fraction of sp³-hybridized carbons (Fsp3) is 0.238. The number of aryl methyl sites for hydroxylation is 1. The highest BCUT2D eigenvalue weighted by Gasteiger charge is 2.32. The van der Waals surface area contributed by atoms with Crippen LogP contribution in [0.4, 0.5) is 5.69 Å². The predicted octanol–water partition coefficient (Wildman–Crippen LogP) is 3.64. The number of benzene rings is 2. The third-order valence-corrected chi connectivity index (χ3v) is 5.58. The molecule has 7 heteroatoms. The van der Waals surface area contributed by atoms with Gasteiger partial charge in [0.25, 0.3) is 0 Å². The predicted molar refractivity (Wildman–Crippen MR) is 115 cm³/mol. The molecule has 6 nitrogen and oxygen atoms in total. The molecule has 28 heavy (non-hydrogen) atoms. The summed E-state index contributed by atoms with van der Waals surface area (Å²) >= 11 is 1.22. The molecule has 0 bridgehead atoms. The van der Waals surface area contributed by atoms with E-state index in [1.807, 2.05) is 69.3 Å². The van der Waals surface area contributed by atoms with Crippen LogP contribution in [0.25, 0.3) is 0 Å². The number of hydrogen-bond acceptors (Lipinski definition) is 5. The van der Waals surface area contributed by atoms with Gasteiger partial charge in [-0.05, 0) is 43.5 Å². The van der Waals surface area contributed by atoms with Gasteiger partial charge in [-0.15, -0.1) is 5.10 Å². The zero-order valence-corrected chi connectivity index (χ0v) is 16.8. The van der Waals surface area contributed by atoms with Gasteiger partial charge in [-0.25, -0.2) is 0 Å². The maximum Gasteiger partial charge on any atom is 0.240 e. The number of hydrogen-bond donors (Lipinski definition) is 2. The molecule has 1 saturated heterocycles. The minimum Gasteiger partial charge on any atom is -0.326 e. The first-order valence-corrected chi connectivity index (χ1v) is 9.83. The minimum atomic E-state index is -0.518. The van der Waals surface area contributed by atoms with Gasteiger partial charge in [-0.2, -0.15) is 5.10 Å². The van der Waals surface area contributed by atoms with Gasteiger partial charge in [0.2, 0.25) is 11.8 Å². The van der Waals surface area contributed by atoms with Gasteiger partial charge in [-0.1, -0.05) is 54.2 Å². The Labute approximate surface area is 168 Å². The molecule has 1 aliphatic heterocycles. The average molecular weight is 395 g/mol. The molecule has 2 aromatic carbocycles. The van der Waals surface area contributed by atoms with Crippen molar-refractivity contribution < 1.29 is 9.59 Å². The van der Waals surface area contributed by atoms with Crippen molar-refractivity contribution in [3.63, 3.8) is 0 Å². The standard InChI is InChI=1S/C21H22N4O2S/c1-13-8-7-11-17(14(13)2)22-19(26)12-18-20(27)23-21(28-18)25-24-15(3)16-9-5-4-6-10-16/h4-11,18H,12H2,1-3H3,(H,22,26)(H,23,25,27)/b24-15-/t18-/m1/s1. The highest BCUT2D eigenvalue weighted by Crippen LogP contribution is 2.24. The fourth-order valence-electron chi connectivity index (χ4n) is 2.70. The van der Waals surface area contributed by atoms with Gasteiger partial charge >= 0.3 is 0 Å². The molecule has 1 fully saturated rings. The molecule has 144 valence electrons. The van der Waals surface area contributed by atoms with Gasteiger partial charge in [0.15, 0.2) is 5.17 Å². The normalized spacial score (nSPS) is 18.2. The van der Waals surface area contributed by atoms with Crippen molar-refractivity contribution in [3.05, 3.63) is 65.2 Å². The number of rotatable bonds is 5. The number of amidine groups is 1. The van der Waals surface area contributed by atoms with E-state index in [2.05, 4.69) is 20.8 Å². The summed E-state index contributed by atoms with van der Waals surface area (Å²) in [6.07, 6.45) is 0.0737. The summed E-state index contributed by atoms with van der Waals surface area (Å²) in [5, 5.41) is 13.8. The third kappa shape index (κ3) is 4.86. The summed E-state index contributed by atoms with van der Waals surface area (Å²) < 4.78 is 0. The maximum absolute atomic E-state index is 12.4. The smallest absolute Gasteiger partial charge is 0.240 e. The molecule has 3 rings (SSSR count). The Morgan fingerprint density at radius 1 is 1.14 bits per heavy atom. The van der Waals surface area contributed by atoms with Crippen LogP contribution in [0.2, 0.25) is 0 Å². The van der Waals surface area contributed by atoms with Crippen LogP contribution in [-0.4, -0.2) is 27.9 Å². The lowest BCUT2D eigenvalue weighted by atomic mass is 10.1. The second-order valence-electron chi connectivity index (χ2n) is 6.55. The molecule has 0 radical (unpaired) electrons. The Morgan fingerprint density at radius 3 is 2.64 bits per heavy atom. The Hall–Kier alpha value is -2.93. The van der Waals surface area contributed by atoms with E-state index in [0.29, 0.717) is 5.17 Å². The Bertz CT molecular complexity index is 954. The minimum absolute atomic E-state index is 0.0737. The molecular weight excluding hydrogens is 372 g/mol. The Kier molecular flexibility index (Phi) is 6.26. The lowest BCUT2D eigenvalue weighted by molar-refractivity contribution is -0.122. The van der Waals surface area contributed by atoms with Gasteiger partial charge in [0.1, 0.15) is 5.25 Å². The molecule has 2 aromatic rings. The largest absolute Gasteiger partial charge is 0.326 e. The fourth-order valence-corrected chi connectivity index (χ4v) is 3.62. The lowest BCUT2D eigenvalue weighted by Crippen LogP contribution is -2.28. The summed E-state index contributed by atoms with van der Waals surface area (Å²) in [7, 11) is 0. The summed E-state index contributed by atoms with van der Waals surface area (Å²) in [4.78, 5) is 24.5. The van der Waals surface area contributed by atoms with Crippen molar-refractivity contribution >= 4 is 40.1 Å². The highest BCUT2D eigenvalue weighted by molar-refractivity contribution is 8.15. The van der Waals surface area contributed by atoms with E-state index in [1.54, 1.807) is 0 Å². The molecular formula is C21H22N4O2S. The molecule has 0 unspecified atom stereocenters. The topological polar surface area (TPSA) is 82.9 Å². The van der Waals surface area contributed by atoms with E-state index in [4.69, 9.17) is 0 Å². The second-order valence-corrected chi connectivity index (χ2v) is 7.74. The van der Waals surface area contributed by atoms with E-state index in [1.165, 1.54) is 11.8 Å². The van der Waals surface area contributed by atoms with Crippen LogP contribution in [0.3, 0.4) is 0 Å². The summed E-state index contributed by atoms with van der Waals surface area (Å²) in [6, 6.07) is 15.4. The summed E-state index contributed by atoms with van der Waals surface area (Å²) in [5.74, 6) is -0.431. The van der Waals surface area contributed by atoms with Crippen molar-refractivity contribution in [2.75, 3.05) is 5.32 Å². The number of carbonyl (C=O) groups is 2. The molecule has 1 atom stereocenters. The van der Waals surface area contributed by atoms with Gasteiger partial charge in [0.05, 0.1) is 5.71 Å². The highest BCUT2D eigenvalue weighted by atomic mass is 32.2. The summed E-state index contributed by atoms with van der Waals surface area (Å²) in [6.45, 7) is 5.81. The van der Waals surface area contributed by atoms with Crippen LogP contribution in [0.15, 0.2) is 58.7 Å². The first kappa shape index (κ1) is 19.8. The number of thioether (sulfide) groups is 1. The molecule has 2 amide bonds. The monoisotopic (exact) mass is 394 g/mol. The molecule has 1 aliphatic rings. The van der Waals surface area contributed by atoms with Gasteiger partial charge in [-0.3, -0.25) is 9.59 Å². The number of nitrogens with zero attached hydrogens (tertiary/aromatic N) is 2. The molecule has 2 N–H and O–H groups in total. The first-order valence-electron chi connectivity index (χ1n) is 8.95. The van der Waals surface area contributed by atoms with Crippen molar-refractivity contribution in [3.8, 4) is 0 Å². The van der Waals surface area contributed by atoms with E-state index in [-0.39, 0.29) is 18.2 Å². The van der Waals surface area contributed by atoms with E-state index in [9.17, 15) is 9.59 Å². The van der Waals surface area contributed by atoms with Crippen molar-refractivity contribution in [2.24, 2.45) is 10.2 Å². The zero-order chi connectivity index (χ0) is 20.1. The van der Waals surface area contributed by atoms with Crippen LogP contribution in [-0.2, 0) is 9.59 Å². The van der Waals surface area contributed by atoms with Crippen molar-refractivity contribution in [1.82, 2.24) is 5.32 Å². The Morgan fingerprint density at radius 2 is 1.89 bits per heavy atom. The molecule has 0 aliphatic carbocycles. The van der Waals surface area contributed by atoms with Gasteiger partial charge in [0, 0.05) is 12.1 Å². The second kappa shape index (κ2) is 8.84. The van der Waals surface area contributed by atoms with Crippen LogP contribution in [0.1, 0.15) is 30.0 Å². The Balaban J connectivity index is 1.61. The van der Waals surface area contributed by atoms with Crippen LogP contribution < -0.4 is 10.6 Å². The maximum atomic E-state index is 12.4. The molecule has 1 heterocycles. The quantitative estimate of drug-likeness (QED) is 0.600. The van der Waals surface area contributed by atoms with E-state index in [0.717, 1.165) is 28.1 Å². The third-order valence-electron chi connectivity index (χ3n) is 4.51. The van der Waals surface area contributed by atoms with Crippen LogP contribution in [0.5, 0.6) is 0 Å². The van der Waals surface area contributed by atoms with E-state index >= 15 is 0 Å². The lowest BCUT2D eigenvalue weighted by Gasteiger charge is -2.11. The number of nitrogens with one attached hydrogen (secondary N) is 2. The summed E-state index contributed by atoms with van der Waals surface area (Å²) in [5.41, 5.74) is 4.61. The van der Waals surface area contributed by atoms with Gasteiger partial charge < -0.3 is 10.6 Å². The molecule has 0 saturated carbocycles. The molecule has 0 aromatic heterocycles. The zero-order valence-electron chi connectivity index (χ0n) is 16.0. The number of carbonyl (C=O) groups excluding carboxylic acids is 2. The number of amides is 2. The van der Waals surface area contributed by atoms with E-state index < -0.39 is 5.25 Å². The number of anilines is 1. The SMILES string of the molecule is C/C(=N/N=C1\NC(=O)[C@@H](CC(=O)Nc2cccc(C)c2C)S1)c1ccccc1. The first-order chi connectivity index (χ1) is 13.4. The average Bonchev–Trinajstić information content (AvgIpc) is 3.03. The van der Waals surface area contributed by atoms with Crippen LogP contribution >= 0.6 is 11.8 Å². The van der Waals surface area contributed by atoms with Crippen molar-refractivity contribution in [2.45, 2.75) is 32.4 Å². The van der Waals surface area contributed by atoms with Crippen LogP contribution in [0, 0.1) is 13.8 Å². The molecule has 0 spiro atoms. The van der Waals surface area contributed by atoms with Crippen molar-refractivity contribution in [1.29, 1.82) is 0 Å².